The second kappa shape index (κ2) is 5.05. The number of benzene rings is 1. The maximum Gasteiger partial charge on any atom is 0.272 e. The number of amides is 1. The van der Waals surface area contributed by atoms with Crippen molar-refractivity contribution in [2.45, 2.75) is 19.9 Å². The van der Waals surface area contributed by atoms with Gasteiger partial charge in [-0.1, -0.05) is 6.07 Å². The standard InChI is InChI=1S/C15H17N5O/c1-9-4-5-11-13(8-9)18-14(17-11)10(2)16-15(21)12-6-7-20(3)19-12/h4-8,10H,1-3H3,(H,16,21)(H,17,18)/t10-/m0/s1. The van der Waals surface area contributed by atoms with Crippen molar-refractivity contribution in [2.24, 2.45) is 7.05 Å². The summed E-state index contributed by atoms with van der Waals surface area (Å²) in [6.45, 7) is 3.93. The molecule has 0 radical (unpaired) electrons. The minimum absolute atomic E-state index is 0.209. The number of nitrogens with one attached hydrogen (secondary N) is 2. The van der Waals surface area contributed by atoms with Gasteiger partial charge >= 0.3 is 0 Å². The van der Waals surface area contributed by atoms with Crippen LogP contribution in [-0.2, 0) is 7.05 Å². The molecular formula is C15H17N5O. The Labute approximate surface area is 122 Å². The highest BCUT2D eigenvalue weighted by molar-refractivity contribution is 5.92. The number of aromatic amines is 1. The first-order valence-corrected chi connectivity index (χ1v) is 6.80. The summed E-state index contributed by atoms with van der Waals surface area (Å²) in [6, 6.07) is 7.50. The lowest BCUT2D eigenvalue weighted by Gasteiger charge is -2.09. The van der Waals surface area contributed by atoms with E-state index in [0.29, 0.717) is 5.69 Å². The van der Waals surface area contributed by atoms with E-state index in [2.05, 4.69) is 20.4 Å². The highest BCUT2D eigenvalue weighted by Gasteiger charge is 2.16. The van der Waals surface area contributed by atoms with Gasteiger partial charge in [0, 0.05) is 13.2 Å². The van der Waals surface area contributed by atoms with Crippen LogP contribution in [0, 0.1) is 6.92 Å². The number of hydrogen-bond acceptors (Lipinski definition) is 3. The number of rotatable bonds is 3. The lowest BCUT2D eigenvalue weighted by Crippen LogP contribution is -2.27. The van der Waals surface area contributed by atoms with Gasteiger partial charge in [-0.3, -0.25) is 9.48 Å². The van der Waals surface area contributed by atoms with E-state index in [9.17, 15) is 4.79 Å². The maximum atomic E-state index is 12.1. The van der Waals surface area contributed by atoms with Crippen molar-refractivity contribution in [3.8, 4) is 0 Å². The molecule has 108 valence electrons. The lowest BCUT2D eigenvalue weighted by atomic mass is 10.2. The van der Waals surface area contributed by atoms with Crippen LogP contribution >= 0.6 is 0 Å². The van der Waals surface area contributed by atoms with Crippen LogP contribution in [0.15, 0.2) is 30.5 Å². The quantitative estimate of drug-likeness (QED) is 0.773. The summed E-state index contributed by atoms with van der Waals surface area (Å²) < 4.78 is 1.60. The Morgan fingerprint density at radius 1 is 1.38 bits per heavy atom. The molecule has 2 N–H and O–H groups in total. The van der Waals surface area contributed by atoms with E-state index >= 15 is 0 Å². The molecule has 0 aliphatic heterocycles. The normalized spacial score (nSPS) is 12.5. The number of carbonyl (C=O) groups excluding carboxylic acids is 1. The number of aromatic nitrogens is 4. The molecule has 2 aromatic heterocycles. The highest BCUT2D eigenvalue weighted by Crippen LogP contribution is 2.17. The number of H-pyrrole nitrogens is 1. The number of imidazole rings is 1. The Balaban J connectivity index is 1.80. The van der Waals surface area contributed by atoms with E-state index in [1.54, 1.807) is 24.0 Å². The molecule has 0 bridgehead atoms. The van der Waals surface area contributed by atoms with E-state index in [-0.39, 0.29) is 11.9 Å². The zero-order chi connectivity index (χ0) is 15.0. The average Bonchev–Trinajstić information content (AvgIpc) is 3.04. The van der Waals surface area contributed by atoms with Gasteiger partial charge in [0.2, 0.25) is 0 Å². The molecular weight excluding hydrogens is 266 g/mol. The summed E-state index contributed by atoms with van der Waals surface area (Å²) in [5.41, 5.74) is 3.44. The van der Waals surface area contributed by atoms with Gasteiger partial charge in [0.1, 0.15) is 11.5 Å². The van der Waals surface area contributed by atoms with Gasteiger partial charge in [0.25, 0.3) is 5.91 Å². The smallest absolute Gasteiger partial charge is 0.272 e. The molecule has 21 heavy (non-hydrogen) atoms. The highest BCUT2D eigenvalue weighted by atomic mass is 16.2. The Morgan fingerprint density at radius 3 is 2.90 bits per heavy atom. The van der Waals surface area contributed by atoms with Crippen molar-refractivity contribution in [3.05, 3.63) is 47.5 Å². The van der Waals surface area contributed by atoms with Crippen LogP contribution in [0.25, 0.3) is 11.0 Å². The third kappa shape index (κ3) is 2.65. The summed E-state index contributed by atoms with van der Waals surface area (Å²) in [4.78, 5) is 19.8. The van der Waals surface area contributed by atoms with Gasteiger partial charge in [-0.2, -0.15) is 5.10 Å². The average molecular weight is 283 g/mol. The Kier molecular flexibility index (Phi) is 3.21. The summed E-state index contributed by atoms with van der Waals surface area (Å²) >= 11 is 0. The van der Waals surface area contributed by atoms with Crippen molar-refractivity contribution in [2.75, 3.05) is 0 Å². The molecule has 0 aliphatic carbocycles. The molecule has 3 rings (SSSR count). The maximum absolute atomic E-state index is 12.1. The molecule has 0 aliphatic rings. The minimum atomic E-state index is -0.216. The number of carbonyl (C=O) groups is 1. The molecule has 0 saturated heterocycles. The Hall–Kier alpha value is -2.63. The first-order valence-electron chi connectivity index (χ1n) is 6.80. The predicted octanol–water partition coefficient (Wildman–Crippen LogP) is 2.10. The number of nitrogens with zero attached hydrogens (tertiary/aromatic N) is 3. The van der Waals surface area contributed by atoms with Crippen LogP contribution in [-0.4, -0.2) is 25.7 Å². The van der Waals surface area contributed by atoms with Crippen molar-refractivity contribution >= 4 is 16.9 Å². The zero-order valence-corrected chi connectivity index (χ0v) is 12.2. The number of aryl methyl sites for hydroxylation is 2. The second-order valence-corrected chi connectivity index (χ2v) is 5.21. The molecule has 6 heteroatoms. The minimum Gasteiger partial charge on any atom is -0.341 e. The Morgan fingerprint density at radius 2 is 2.19 bits per heavy atom. The molecule has 1 amide bonds. The van der Waals surface area contributed by atoms with E-state index in [4.69, 9.17) is 0 Å². The third-order valence-electron chi connectivity index (χ3n) is 3.36. The fourth-order valence-corrected chi connectivity index (χ4v) is 2.22. The topological polar surface area (TPSA) is 75.6 Å². The molecule has 2 heterocycles. The van der Waals surface area contributed by atoms with Crippen molar-refractivity contribution < 1.29 is 4.79 Å². The van der Waals surface area contributed by atoms with Crippen LogP contribution in [0.2, 0.25) is 0 Å². The van der Waals surface area contributed by atoms with Crippen LogP contribution in [0.3, 0.4) is 0 Å². The van der Waals surface area contributed by atoms with Crippen molar-refractivity contribution in [3.63, 3.8) is 0 Å². The van der Waals surface area contributed by atoms with E-state index in [1.165, 1.54) is 5.56 Å². The van der Waals surface area contributed by atoms with E-state index in [0.717, 1.165) is 16.9 Å². The SMILES string of the molecule is Cc1ccc2nc([C@H](C)NC(=O)c3ccn(C)n3)[nH]c2c1. The first kappa shape index (κ1) is 13.4. The molecule has 6 nitrogen and oxygen atoms in total. The van der Waals surface area contributed by atoms with E-state index in [1.807, 2.05) is 32.0 Å². The molecule has 3 aromatic rings. The van der Waals surface area contributed by atoms with Crippen molar-refractivity contribution in [1.29, 1.82) is 0 Å². The fraction of sp³-hybridized carbons (Fsp3) is 0.267. The van der Waals surface area contributed by atoms with E-state index < -0.39 is 0 Å². The van der Waals surface area contributed by atoms with Crippen LogP contribution in [0.1, 0.15) is 34.8 Å². The van der Waals surface area contributed by atoms with Gasteiger partial charge in [-0.25, -0.2) is 4.98 Å². The van der Waals surface area contributed by atoms with Gasteiger partial charge in [0.15, 0.2) is 0 Å². The monoisotopic (exact) mass is 283 g/mol. The summed E-state index contributed by atoms with van der Waals surface area (Å²) in [6.07, 6.45) is 1.74. The first-order chi connectivity index (χ1) is 10.0. The van der Waals surface area contributed by atoms with Crippen molar-refractivity contribution in [1.82, 2.24) is 25.1 Å². The van der Waals surface area contributed by atoms with Gasteiger partial charge in [-0.05, 0) is 37.6 Å². The third-order valence-corrected chi connectivity index (χ3v) is 3.36. The predicted molar refractivity (Wildman–Crippen MR) is 79.9 cm³/mol. The van der Waals surface area contributed by atoms with Crippen LogP contribution in [0.4, 0.5) is 0 Å². The molecule has 1 aromatic carbocycles. The molecule has 1 atom stereocenters. The number of hydrogen-bond donors (Lipinski definition) is 2. The largest absolute Gasteiger partial charge is 0.341 e. The molecule has 0 unspecified atom stereocenters. The lowest BCUT2D eigenvalue weighted by molar-refractivity contribution is 0.0932. The van der Waals surface area contributed by atoms with Crippen LogP contribution in [0.5, 0.6) is 0 Å². The van der Waals surface area contributed by atoms with Gasteiger partial charge in [-0.15, -0.1) is 0 Å². The fourth-order valence-electron chi connectivity index (χ4n) is 2.22. The second-order valence-electron chi connectivity index (χ2n) is 5.21. The summed E-state index contributed by atoms with van der Waals surface area (Å²) in [7, 11) is 1.78. The molecule has 0 spiro atoms. The summed E-state index contributed by atoms with van der Waals surface area (Å²) in [5.74, 6) is 0.527. The Bertz CT molecular complexity index is 801. The van der Waals surface area contributed by atoms with Crippen LogP contribution < -0.4 is 5.32 Å². The summed E-state index contributed by atoms with van der Waals surface area (Å²) in [5, 5.41) is 6.98. The molecule has 0 fully saturated rings. The number of fused-ring (bicyclic) bond motifs is 1. The molecule has 0 saturated carbocycles. The van der Waals surface area contributed by atoms with Gasteiger partial charge < -0.3 is 10.3 Å². The van der Waals surface area contributed by atoms with Gasteiger partial charge in [0.05, 0.1) is 17.1 Å². The zero-order valence-electron chi connectivity index (χ0n) is 12.2.